The number of benzene rings is 1. The summed E-state index contributed by atoms with van der Waals surface area (Å²) in [5.41, 5.74) is 5.48. The molecule has 1 saturated heterocycles. The van der Waals surface area contributed by atoms with Gasteiger partial charge in [-0.1, -0.05) is 24.8 Å². The van der Waals surface area contributed by atoms with E-state index < -0.39 is 18.0 Å². The summed E-state index contributed by atoms with van der Waals surface area (Å²) in [6, 6.07) is 3.96. The summed E-state index contributed by atoms with van der Waals surface area (Å²) in [6.07, 6.45) is 10.3. The van der Waals surface area contributed by atoms with Crippen molar-refractivity contribution in [3.63, 3.8) is 0 Å². The van der Waals surface area contributed by atoms with Crippen LogP contribution in [0, 0.1) is 0 Å². The molecular formula is C25H24N4O4S. The van der Waals surface area contributed by atoms with Crippen LogP contribution >= 0.6 is 11.8 Å². The van der Waals surface area contributed by atoms with Crippen molar-refractivity contribution >= 4 is 41.7 Å². The maximum absolute atomic E-state index is 12.8. The molecule has 0 aromatic heterocycles. The number of hydrogen-bond acceptors (Lipinski definition) is 5. The summed E-state index contributed by atoms with van der Waals surface area (Å²) >= 11 is 1.77. The van der Waals surface area contributed by atoms with Gasteiger partial charge < -0.3 is 4.90 Å². The fraction of sp³-hybridized carbons (Fsp3) is 0.280. The summed E-state index contributed by atoms with van der Waals surface area (Å²) in [7, 11) is 0. The first-order valence-corrected chi connectivity index (χ1v) is 12.0. The number of fused-ring (bicyclic) bond motifs is 1. The van der Waals surface area contributed by atoms with Gasteiger partial charge in [-0.2, -0.15) is 0 Å². The minimum atomic E-state index is -0.662. The minimum Gasteiger partial charge on any atom is -0.322 e. The first kappa shape index (κ1) is 23.5. The largest absolute Gasteiger partial charge is 0.345 e. The summed E-state index contributed by atoms with van der Waals surface area (Å²) in [5.74, 6) is -0.00475. The molecule has 1 aliphatic carbocycles. The average molecular weight is 477 g/mol. The Morgan fingerprint density at radius 2 is 2.21 bits per heavy atom. The summed E-state index contributed by atoms with van der Waals surface area (Å²) in [6.45, 7) is 2.37. The molecule has 0 radical (unpaired) electrons. The average Bonchev–Trinajstić information content (AvgIpc) is 3.11. The number of amides is 5. The van der Waals surface area contributed by atoms with Gasteiger partial charge >= 0.3 is 6.03 Å². The van der Waals surface area contributed by atoms with Crippen molar-refractivity contribution in [2.24, 2.45) is 4.99 Å². The van der Waals surface area contributed by atoms with Crippen molar-refractivity contribution in [1.29, 1.82) is 0 Å². The van der Waals surface area contributed by atoms with Crippen LogP contribution < -0.4 is 10.6 Å². The maximum atomic E-state index is 12.8. The van der Waals surface area contributed by atoms with Crippen LogP contribution in [0.5, 0.6) is 0 Å². The van der Waals surface area contributed by atoms with Crippen LogP contribution in [0.1, 0.15) is 47.7 Å². The number of nitrogens with one attached hydrogen (secondary N) is 2. The molecule has 5 amide bonds. The lowest BCUT2D eigenvalue weighted by Crippen LogP contribution is -2.52. The predicted octanol–water partition coefficient (Wildman–Crippen LogP) is 3.21. The molecule has 0 bridgehead atoms. The molecule has 1 aromatic rings. The zero-order valence-electron chi connectivity index (χ0n) is 18.7. The SMILES string of the molecule is CCS/C1=C/C=C=C(NC(=O)N=Cc2ccc3c(c2)CN(C2CCC(=O)NC2=O)C3=O)/C=C\C1. The van der Waals surface area contributed by atoms with Gasteiger partial charge in [0.2, 0.25) is 11.8 Å². The Balaban J connectivity index is 1.41. The second-order valence-corrected chi connectivity index (χ2v) is 9.29. The van der Waals surface area contributed by atoms with Crippen molar-refractivity contribution in [1.82, 2.24) is 15.5 Å². The van der Waals surface area contributed by atoms with Crippen LogP contribution in [0.15, 0.2) is 63.8 Å². The molecule has 1 aromatic carbocycles. The van der Waals surface area contributed by atoms with Crippen molar-refractivity contribution < 1.29 is 19.2 Å². The second-order valence-electron chi connectivity index (χ2n) is 7.90. The Labute approximate surface area is 201 Å². The molecule has 1 fully saturated rings. The molecular weight excluding hydrogens is 452 g/mol. The number of urea groups is 1. The third kappa shape index (κ3) is 5.44. The third-order valence-corrected chi connectivity index (χ3v) is 6.52. The van der Waals surface area contributed by atoms with Gasteiger partial charge in [-0.3, -0.25) is 25.0 Å². The summed E-state index contributed by atoms with van der Waals surface area (Å²) < 4.78 is 0. The lowest BCUT2D eigenvalue weighted by atomic mass is 10.0. The fourth-order valence-electron chi connectivity index (χ4n) is 3.96. The fourth-order valence-corrected chi connectivity index (χ4v) is 4.71. The minimum absolute atomic E-state index is 0.208. The summed E-state index contributed by atoms with van der Waals surface area (Å²) in [5, 5.41) is 4.99. The molecule has 2 aliphatic heterocycles. The van der Waals surface area contributed by atoms with E-state index in [1.807, 2.05) is 12.2 Å². The van der Waals surface area contributed by atoms with Gasteiger partial charge in [-0.15, -0.1) is 11.8 Å². The van der Waals surface area contributed by atoms with Gasteiger partial charge in [0.25, 0.3) is 5.91 Å². The number of carbonyl (C=O) groups excluding carboxylic acids is 4. The Hall–Kier alpha value is -3.68. The number of aliphatic imine (C=N–C) groups is 1. The Morgan fingerprint density at radius 1 is 1.35 bits per heavy atom. The predicted molar refractivity (Wildman–Crippen MR) is 130 cm³/mol. The third-order valence-electron chi connectivity index (χ3n) is 5.56. The quantitative estimate of drug-likeness (QED) is 0.385. The van der Waals surface area contributed by atoms with Crippen molar-refractivity contribution in [3.8, 4) is 0 Å². The van der Waals surface area contributed by atoms with Gasteiger partial charge in [-0.25, -0.2) is 9.79 Å². The van der Waals surface area contributed by atoms with Crippen molar-refractivity contribution in [2.75, 3.05) is 5.75 Å². The number of rotatable bonds is 5. The van der Waals surface area contributed by atoms with E-state index in [4.69, 9.17) is 0 Å². The molecule has 4 rings (SSSR count). The molecule has 1 atom stereocenters. The maximum Gasteiger partial charge on any atom is 0.345 e. The number of thioether (sulfide) groups is 1. The van der Waals surface area contributed by atoms with E-state index in [2.05, 4.69) is 28.3 Å². The number of carbonyl (C=O) groups is 4. The van der Waals surface area contributed by atoms with Crippen molar-refractivity contribution in [3.05, 3.63) is 75.5 Å². The molecule has 1 unspecified atom stereocenters. The van der Waals surface area contributed by atoms with Gasteiger partial charge in [-0.05, 0) is 65.0 Å². The smallest absolute Gasteiger partial charge is 0.322 e. The van der Waals surface area contributed by atoms with E-state index in [0.29, 0.717) is 23.2 Å². The van der Waals surface area contributed by atoms with E-state index in [9.17, 15) is 19.2 Å². The molecule has 9 heteroatoms. The number of nitrogens with zero attached hydrogens (tertiary/aromatic N) is 2. The van der Waals surface area contributed by atoms with Crippen LogP contribution in [0.2, 0.25) is 0 Å². The zero-order valence-corrected chi connectivity index (χ0v) is 19.5. The van der Waals surface area contributed by atoms with E-state index in [1.165, 1.54) is 16.0 Å². The Bertz CT molecular complexity index is 1210. The number of imide groups is 1. The standard InChI is InChI=1S/C25H24N4O4S/c1-2-34-19-7-3-5-18(6-4-8-19)27-25(33)26-14-16-9-10-20-17(13-16)15-29(24(20)32)21-11-12-22(30)28-23(21)31/h3-5,8-10,13-14,21H,2,7,11-12,15H2,1H3,(H,27,33)(H,28,30,31)/b5-3-,19-8+,26-14?. The van der Waals surface area contributed by atoms with Crippen LogP contribution in [0.4, 0.5) is 4.79 Å². The molecule has 2 heterocycles. The molecule has 0 saturated carbocycles. The van der Waals surface area contributed by atoms with Gasteiger partial charge in [0.05, 0.1) is 5.70 Å². The van der Waals surface area contributed by atoms with Crippen LogP contribution in [0.25, 0.3) is 0 Å². The molecule has 2 N–H and O–H groups in total. The van der Waals surface area contributed by atoms with Crippen LogP contribution in [-0.4, -0.2) is 46.7 Å². The van der Waals surface area contributed by atoms with Crippen molar-refractivity contribution in [2.45, 2.75) is 38.8 Å². The first-order valence-electron chi connectivity index (χ1n) is 11.0. The highest BCUT2D eigenvalue weighted by atomic mass is 32.2. The highest BCUT2D eigenvalue weighted by Crippen LogP contribution is 2.28. The monoisotopic (exact) mass is 476 g/mol. The normalized spacial score (nSPS) is 22.4. The topological polar surface area (TPSA) is 108 Å². The molecule has 3 aliphatic rings. The molecule has 34 heavy (non-hydrogen) atoms. The number of hydrogen-bond donors (Lipinski definition) is 2. The Kier molecular flexibility index (Phi) is 7.25. The van der Waals surface area contributed by atoms with Gasteiger partial charge in [0.1, 0.15) is 6.04 Å². The number of allylic oxidation sites excluding steroid dienone is 4. The number of piperidine rings is 1. The lowest BCUT2D eigenvalue weighted by molar-refractivity contribution is -0.136. The molecule has 0 spiro atoms. The molecule has 174 valence electrons. The van der Waals surface area contributed by atoms with Gasteiger partial charge in [0, 0.05) is 24.7 Å². The van der Waals surface area contributed by atoms with E-state index >= 15 is 0 Å². The van der Waals surface area contributed by atoms with E-state index in [-0.39, 0.29) is 24.8 Å². The van der Waals surface area contributed by atoms with E-state index in [0.717, 1.165) is 17.7 Å². The summed E-state index contributed by atoms with van der Waals surface area (Å²) in [4.78, 5) is 55.3. The highest BCUT2D eigenvalue weighted by molar-refractivity contribution is 8.03. The first-order chi connectivity index (χ1) is 16.4. The molecule has 8 nitrogen and oxygen atoms in total. The highest BCUT2D eigenvalue weighted by Gasteiger charge is 2.38. The Morgan fingerprint density at radius 3 is 3.00 bits per heavy atom. The lowest BCUT2D eigenvalue weighted by Gasteiger charge is -2.29. The zero-order chi connectivity index (χ0) is 24.1. The van der Waals surface area contributed by atoms with E-state index in [1.54, 1.807) is 42.1 Å². The van der Waals surface area contributed by atoms with Gasteiger partial charge in [0.15, 0.2) is 0 Å². The van der Waals surface area contributed by atoms with Crippen LogP contribution in [0.3, 0.4) is 0 Å². The van der Waals surface area contributed by atoms with Crippen LogP contribution in [-0.2, 0) is 16.1 Å². The second kappa shape index (κ2) is 10.5.